The maximum atomic E-state index is 10.6. The second-order valence-electron chi connectivity index (χ2n) is 8.58. The molecule has 2 aliphatic rings. The minimum atomic E-state index is -0.545. The van der Waals surface area contributed by atoms with Crippen LogP contribution in [0.15, 0.2) is 23.8 Å². The highest BCUT2D eigenvalue weighted by Crippen LogP contribution is 2.61. The molecular weight excluding hydrogens is 304 g/mol. The van der Waals surface area contributed by atoms with E-state index >= 15 is 0 Å². The molecule has 0 heterocycles. The van der Waals surface area contributed by atoms with E-state index in [-0.39, 0.29) is 35.9 Å². The Labute approximate surface area is 145 Å². The lowest BCUT2D eigenvalue weighted by Crippen LogP contribution is -2.57. The van der Waals surface area contributed by atoms with Crippen LogP contribution in [0.5, 0.6) is 0 Å². The van der Waals surface area contributed by atoms with Gasteiger partial charge in [-0.05, 0) is 67.3 Å². The number of aliphatic hydroxyl groups is 4. The molecule has 0 radical (unpaired) electrons. The molecule has 2 rings (SSSR count). The van der Waals surface area contributed by atoms with Gasteiger partial charge in [-0.2, -0.15) is 0 Å². The predicted octanol–water partition coefficient (Wildman–Crippen LogP) is 2.42. The molecule has 138 valence electrons. The van der Waals surface area contributed by atoms with Gasteiger partial charge in [0.1, 0.15) is 0 Å². The van der Waals surface area contributed by atoms with Crippen molar-refractivity contribution in [3.8, 4) is 0 Å². The van der Waals surface area contributed by atoms with Gasteiger partial charge >= 0.3 is 0 Å². The molecule has 0 aromatic heterocycles. The second-order valence-corrected chi connectivity index (χ2v) is 8.58. The molecular formula is C20H34O4. The van der Waals surface area contributed by atoms with E-state index in [1.165, 1.54) is 0 Å². The molecule has 0 amide bonds. The van der Waals surface area contributed by atoms with Gasteiger partial charge in [0.2, 0.25) is 0 Å². The van der Waals surface area contributed by atoms with Crippen molar-refractivity contribution in [1.82, 2.24) is 0 Å². The van der Waals surface area contributed by atoms with Gasteiger partial charge in [0, 0.05) is 6.61 Å². The summed E-state index contributed by atoms with van der Waals surface area (Å²) in [5, 5.41) is 40.1. The van der Waals surface area contributed by atoms with E-state index in [4.69, 9.17) is 5.11 Å². The molecule has 0 spiro atoms. The molecule has 2 aliphatic carbocycles. The highest BCUT2D eigenvalue weighted by atomic mass is 16.3. The van der Waals surface area contributed by atoms with Crippen LogP contribution in [-0.4, -0.2) is 45.8 Å². The topological polar surface area (TPSA) is 80.9 Å². The molecule has 0 aromatic rings. The van der Waals surface area contributed by atoms with Crippen molar-refractivity contribution in [2.24, 2.45) is 22.7 Å². The quantitative estimate of drug-likeness (QED) is 0.580. The molecule has 0 unspecified atom stereocenters. The van der Waals surface area contributed by atoms with Gasteiger partial charge in [-0.25, -0.2) is 0 Å². The summed E-state index contributed by atoms with van der Waals surface area (Å²) < 4.78 is 0. The first kappa shape index (κ1) is 19.6. The Kier molecular flexibility index (Phi) is 5.96. The predicted molar refractivity (Wildman–Crippen MR) is 95.4 cm³/mol. The average molecular weight is 338 g/mol. The fraction of sp³-hybridized carbons (Fsp3) is 0.800. The van der Waals surface area contributed by atoms with Crippen LogP contribution in [0.25, 0.3) is 0 Å². The number of hydrogen-bond acceptors (Lipinski definition) is 4. The van der Waals surface area contributed by atoms with Crippen molar-refractivity contribution < 1.29 is 20.4 Å². The molecule has 24 heavy (non-hydrogen) atoms. The first-order valence-corrected chi connectivity index (χ1v) is 9.10. The Morgan fingerprint density at radius 2 is 1.92 bits per heavy atom. The number of rotatable bonds is 5. The van der Waals surface area contributed by atoms with Crippen molar-refractivity contribution in [3.05, 3.63) is 23.8 Å². The smallest absolute Gasteiger partial charge is 0.0753 e. The zero-order valence-electron chi connectivity index (χ0n) is 15.3. The van der Waals surface area contributed by atoms with Gasteiger partial charge < -0.3 is 20.4 Å². The number of allylic oxidation sites excluding steroid dienone is 1. The van der Waals surface area contributed by atoms with E-state index < -0.39 is 12.2 Å². The van der Waals surface area contributed by atoms with Crippen LogP contribution in [0.3, 0.4) is 0 Å². The van der Waals surface area contributed by atoms with Crippen LogP contribution in [0.2, 0.25) is 0 Å². The monoisotopic (exact) mass is 338 g/mol. The Morgan fingerprint density at radius 1 is 1.25 bits per heavy atom. The number of hydrogen-bond donors (Lipinski definition) is 4. The van der Waals surface area contributed by atoms with Gasteiger partial charge in [0.15, 0.2) is 0 Å². The van der Waals surface area contributed by atoms with Crippen molar-refractivity contribution >= 4 is 0 Å². The lowest BCUT2D eigenvalue weighted by atomic mass is 9.46. The van der Waals surface area contributed by atoms with Crippen LogP contribution in [0.4, 0.5) is 0 Å². The normalized spacial score (nSPS) is 43.6. The Hall–Kier alpha value is -0.680. The Morgan fingerprint density at radius 3 is 2.50 bits per heavy atom. The summed E-state index contributed by atoms with van der Waals surface area (Å²) in [5.41, 5.74) is 1.44. The lowest BCUT2D eigenvalue weighted by molar-refractivity contribution is -0.145. The second kappa shape index (κ2) is 7.28. The van der Waals surface area contributed by atoms with Gasteiger partial charge in [0.05, 0.1) is 18.8 Å². The minimum absolute atomic E-state index is 0.0275. The SMILES string of the molecule is C=C1[C@@H](CC/C(C)=C\CO)[C@]2(C)C[C@H](O)C[C@@](C)(CO)[C@H]2C[C@@H]1O. The third kappa shape index (κ3) is 3.48. The highest BCUT2D eigenvalue weighted by molar-refractivity contribution is 5.21. The van der Waals surface area contributed by atoms with Crippen molar-refractivity contribution in [2.75, 3.05) is 13.2 Å². The van der Waals surface area contributed by atoms with E-state index in [1.807, 2.05) is 19.9 Å². The summed E-state index contributed by atoms with van der Waals surface area (Å²) in [6.45, 7) is 10.5. The van der Waals surface area contributed by atoms with E-state index in [1.54, 1.807) is 0 Å². The molecule has 6 atom stereocenters. The van der Waals surface area contributed by atoms with E-state index in [2.05, 4.69) is 13.5 Å². The van der Waals surface area contributed by atoms with Gasteiger partial charge in [-0.1, -0.05) is 32.1 Å². The van der Waals surface area contributed by atoms with Crippen LogP contribution in [0, 0.1) is 22.7 Å². The maximum Gasteiger partial charge on any atom is 0.0753 e. The largest absolute Gasteiger partial charge is 0.396 e. The van der Waals surface area contributed by atoms with Crippen LogP contribution in [-0.2, 0) is 0 Å². The van der Waals surface area contributed by atoms with E-state index in [9.17, 15) is 15.3 Å². The van der Waals surface area contributed by atoms with Crippen molar-refractivity contribution in [3.63, 3.8) is 0 Å². The summed E-state index contributed by atoms with van der Waals surface area (Å²) in [4.78, 5) is 0. The zero-order valence-corrected chi connectivity index (χ0v) is 15.3. The van der Waals surface area contributed by atoms with Crippen LogP contribution < -0.4 is 0 Å². The summed E-state index contributed by atoms with van der Waals surface area (Å²) >= 11 is 0. The third-order valence-electron chi connectivity index (χ3n) is 6.77. The summed E-state index contributed by atoms with van der Waals surface area (Å²) in [6, 6.07) is 0. The van der Waals surface area contributed by atoms with Gasteiger partial charge in [-0.15, -0.1) is 0 Å². The fourth-order valence-corrected chi connectivity index (χ4v) is 5.49. The highest BCUT2D eigenvalue weighted by Gasteiger charge is 2.58. The molecule has 0 bridgehead atoms. The van der Waals surface area contributed by atoms with E-state index in [0.29, 0.717) is 19.3 Å². The van der Waals surface area contributed by atoms with Crippen molar-refractivity contribution in [1.29, 1.82) is 0 Å². The van der Waals surface area contributed by atoms with E-state index in [0.717, 1.165) is 24.0 Å². The molecule has 2 fully saturated rings. The summed E-state index contributed by atoms with van der Waals surface area (Å²) in [5.74, 6) is 0.264. The van der Waals surface area contributed by atoms with Crippen LogP contribution >= 0.6 is 0 Å². The average Bonchev–Trinajstić information content (AvgIpc) is 2.49. The van der Waals surface area contributed by atoms with Crippen LogP contribution in [0.1, 0.15) is 52.9 Å². The molecule has 0 saturated heterocycles. The standard InChI is InChI=1S/C20H34O4/c1-13(7-8-21)5-6-16-14(2)17(24)9-18-19(3,12-22)10-15(23)11-20(16,18)4/h7,15-18,21-24H,2,5-6,8-12H2,1,3-4H3/b13-7-/t15-,16-,17+,18-,19+,20+/m1/s1. The first-order valence-electron chi connectivity index (χ1n) is 9.10. The maximum absolute atomic E-state index is 10.6. The molecule has 4 heteroatoms. The van der Waals surface area contributed by atoms with Gasteiger partial charge in [0.25, 0.3) is 0 Å². The molecule has 0 aromatic carbocycles. The number of fused-ring (bicyclic) bond motifs is 1. The summed E-state index contributed by atoms with van der Waals surface area (Å²) in [7, 11) is 0. The summed E-state index contributed by atoms with van der Waals surface area (Å²) in [6.07, 6.45) is 4.41. The lowest BCUT2D eigenvalue weighted by Gasteiger charge is -2.60. The first-order chi connectivity index (χ1) is 11.2. The molecule has 0 aliphatic heterocycles. The molecule has 4 nitrogen and oxygen atoms in total. The Bertz CT molecular complexity index is 500. The minimum Gasteiger partial charge on any atom is -0.396 e. The van der Waals surface area contributed by atoms with Gasteiger partial charge in [-0.3, -0.25) is 0 Å². The number of aliphatic hydroxyl groups excluding tert-OH is 4. The molecule has 4 N–H and O–H groups in total. The fourth-order valence-electron chi connectivity index (χ4n) is 5.49. The third-order valence-corrected chi connectivity index (χ3v) is 6.77. The molecule has 2 saturated carbocycles. The van der Waals surface area contributed by atoms with Crippen molar-refractivity contribution in [2.45, 2.75) is 65.1 Å². The Balaban J connectivity index is 2.33. The zero-order chi connectivity index (χ0) is 18.1.